The van der Waals surface area contributed by atoms with Crippen molar-refractivity contribution in [1.29, 1.82) is 0 Å². The van der Waals surface area contributed by atoms with Crippen LogP contribution in [0.2, 0.25) is 0 Å². The fourth-order valence-electron chi connectivity index (χ4n) is 1.61. The molecular weight excluding hydrogens is 208 g/mol. The van der Waals surface area contributed by atoms with Crippen molar-refractivity contribution in [3.63, 3.8) is 0 Å². The second-order valence-corrected chi connectivity index (χ2v) is 4.25. The van der Waals surface area contributed by atoms with Gasteiger partial charge in [0, 0.05) is 27.2 Å². The van der Waals surface area contributed by atoms with Gasteiger partial charge in [-0.1, -0.05) is 12.1 Å². The van der Waals surface area contributed by atoms with Gasteiger partial charge in [-0.2, -0.15) is 0 Å². The molecule has 15 heavy (non-hydrogen) atoms. The molecule has 3 aromatic rings. The molecule has 0 fully saturated rings. The number of benzene rings is 1. The predicted octanol–water partition coefficient (Wildman–Crippen LogP) is 2.66. The summed E-state index contributed by atoms with van der Waals surface area (Å²) in [5, 5.41) is 2.16. The van der Waals surface area contributed by atoms with Crippen LogP contribution in [-0.2, 0) is 0 Å². The van der Waals surface area contributed by atoms with E-state index in [1.54, 1.807) is 17.7 Å². The monoisotopic (exact) mass is 214 g/mol. The Labute approximate surface area is 89.4 Å². The van der Waals surface area contributed by atoms with E-state index in [0.29, 0.717) is 5.56 Å². The number of carbonyl (C=O) groups excluding carboxylic acids is 1. The summed E-state index contributed by atoms with van der Waals surface area (Å²) >= 11 is 1.58. The quantitative estimate of drug-likeness (QED) is 0.585. The van der Waals surface area contributed by atoms with E-state index in [0.717, 1.165) is 26.6 Å². The van der Waals surface area contributed by atoms with Crippen LogP contribution in [0.15, 0.2) is 30.7 Å². The van der Waals surface area contributed by atoms with E-state index in [9.17, 15) is 4.79 Å². The van der Waals surface area contributed by atoms with Crippen LogP contribution in [0, 0.1) is 0 Å². The van der Waals surface area contributed by atoms with Crippen LogP contribution in [0.3, 0.4) is 0 Å². The summed E-state index contributed by atoms with van der Waals surface area (Å²) < 4.78 is 1.08. The van der Waals surface area contributed by atoms with Crippen molar-refractivity contribution < 1.29 is 4.79 Å². The molecule has 0 N–H and O–H groups in total. The first-order chi connectivity index (χ1) is 7.38. The van der Waals surface area contributed by atoms with Gasteiger partial charge < -0.3 is 0 Å². The van der Waals surface area contributed by atoms with Crippen LogP contribution in [0.25, 0.3) is 20.3 Å². The first-order valence-corrected chi connectivity index (χ1v) is 5.27. The first kappa shape index (κ1) is 8.49. The van der Waals surface area contributed by atoms with Gasteiger partial charge in [-0.25, -0.2) is 9.97 Å². The minimum atomic E-state index is 0.696. The van der Waals surface area contributed by atoms with Crippen molar-refractivity contribution in [2.45, 2.75) is 0 Å². The number of carbonyl (C=O) groups is 1. The predicted molar refractivity (Wildman–Crippen MR) is 60.3 cm³/mol. The van der Waals surface area contributed by atoms with Crippen molar-refractivity contribution in [3.05, 3.63) is 36.3 Å². The molecule has 2 heterocycles. The fourth-order valence-corrected chi connectivity index (χ4v) is 2.67. The van der Waals surface area contributed by atoms with E-state index in [-0.39, 0.29) is 0 Å². The first-order valence-electron chi connectivity index (χ1n) is 4.46. The summed E-state index contributed by atoms with van der Waals surface area (Å²) in [6, 6.07) is 5.64. The standard InChI is InChI=1S/C11H6N2OS/c14-5-7-1-2-8-9-4-12-6-13-11(9)15-10(8)3-7/h1-6H. The molecule has 0 aliphatic rings. The number of aromatic nitrogens is 2. The minimum absolute atomic E-state index is 0.696. The summed E-state index contributed by atoms with van der Waals surface area (Å²) in [5.41, 5.74) is 0.696. The maximum atomic E-state index is 10.6. The molecular formula is C11H6N2OS. The van der Waals surface area contributed by atoms with E-state index in [2.05, 4.69) is 9.97 Å². The van der Waals surface area contributed by atoms with Gasteiger partial charge in [0.1, 0.15) is 17.4 Å². The Morgan fingerprint density at radius 3 is 3.07 bits per heavy atom. The molecule has 3 nitrogen and oxygen atoms in total. The highest BCUT2D eigenvalue weighted by Gasteiger charge is 2.05. The zero-order valence-electron chi connectivity index (χ0n) is 7.68. The van der Waals surface area contributed by atoms with E-state index >= 15 is 0 Å². The Morgan fingerprint density at radius 1 is 1.27 bits per heavy atom. The lowest BCUT2D eigenvalue weighted by Gasteiger charge is -1.91. The molecule has 0 aliphatic heterocycles. The molecule has 0 saturated heterocycles. The molecule has 3 rings (SSSR count). The number of rotatable bonds is 1. The second kappa shape index (κ2) is 3.10. The average molecular weight is 214 g/mol. The zero-order valence-corrected chi connectivity index (χ0v) is 8.49. The smallest absolute Gasteiger partial charge is 0.150 e. The Hall–Kier alpha value is -1.81. The van der Waals surface area contributed by atoms with Crippen molar-refractivity contribution in [3.8, 4) is 0 Å². The topological polar surface area (TPSA) is 42.9 Å². The molecule has 2 aromatic heterocycles. The molecule has 72 valence electrons. The highest BCUT2D eigenvalue weighted by atomic mass is 32.1. The van der Waals surface area contributed by atoms with Gasteiger partial charge in [0.15, 0.2) is 0 Å². The van der Waals surface area contributed by atoms with E-state index < -0.39 is 0 Å². The van der Waals surface area contributed by atoms with Crippen molar-refractivity contribution in [2.75, 3.05) is 0 Å². The SMILES string of the molecule is O=Cc1ccc2c(c1)sc1ncncc12. The van der Waals surface area contributed by atoms with Gasteiger partial charge in [0.25, 0.3) is 0 Å². The highest BCUT2D eigenvalue weighted by molar-refractivity contribution is 7.25. The molecule has 0 bridgehead atoms. The molecule has 4 heteroatoms. The van der Waals surface area contributed by atoms with Crippen LogP contribution in [-0.4, -0.2) is 16.3 Å². The molecule has 1 aromatic carbocycles. The van der Waals surface area contributed by atoms with Gasteiger partial charge in [0.2, 0.25) is 0 Å². The summed E-state index contributed by atoms with van der Waals surface area (Å²) in [4.78, 5) is 19.8. The maximum Gasteiger partial charge on any atom is 0.150 e. The second-order valence-electron chi connectivity index (χ2n) is 3.22. The molecule has 0 unspecified atom stereocenters. The molecule has 0 aliphatic carbocycles. The largest absolute Gasteiger partial charge is 0.298 e. The van der Waals surface area contributed by atoms with Crippen molar-refractivity contribution in [2.24, 2.45) is 0 Å². The van der Waals surface area contributed by atoms with Crippen LogP contribution in [0.4, 0.5) is 0 Å². The maximum absolute atomic E-state index is 10.6. The molecule has 0 atom stereocenters. The number of hydrogen-bond donors (Lipinski definition) is 0. The van der Waals surface area contributed by atoms with E-state index in [1.165, 1.54) is 0 Å². The van der Waals surface area contributed by atoms with Crippen LogP contribution < -0.4 is 0 Å². The van der Waals surface area contributed by atoms with Gasteiger partial charge >= 0.3 is 0 Å². The van der Waals surface area contributed by atoms with Crippen molar-refractivity contribution in [1.82, 2.24) is 9.97 Å². The summed E-state index contributed by atoms with van der Waals surface area (Å²) in [6.45, 7) is 0. The fraction of sp³-hybridized carbons (Fsp3) is 0. The third-order valence-electron chi connectivity index (χ3n) is 2.31. The summed E-state index contributed by atoms with van der Waals surface area (Å²) in [6.07, 6.45) is 4.20. The van der Waals surface area contributed by atoms with Gasteiger partial charge in [-0.3, -0.25) is 4.79 Å². The number of fused-ring (bicyclic) bond motifs is 3. The minimum Gasteiger partial charge on any atom is -0.298 e. The number of thiophene rings is 1. The number of nitrogens with zero attached hydrogens (tertiary/aromatic N) is 2. The third-order valence-corrected chi connectivity index (χ3v) is 3.39. The summed E-state index contributed by atoms with van der Waals surface area (Å²) in [7, 11) is 0. The molecule has 0 spiro atoms. The Bertz CT molecular complexity index is 660. The summed E-state index contributed by atoms with van der Waals surface area (Å²) in [5.74, 6) is 0. The normalized spacial score (nSPS) is 10.9. The van der Waals surface area contributed by atoms with Crippen LogP contribution in [0.1, 0.15) is 10.4 Å². The van der Waals surface area contributed by atoms with Gasteiger partial charge in [-0.15, -0.1) is 11.3 Å². The highest BCUT2D eigenvalue weighted by Crippen LogP contribution is 2.31. The Balaban J connectivity index is 2.48. The zero-order chi connectivity index (χ0) is 10.3. The van der Waals surface area contributed by atoms with E-state index in [1.807, 2.05) is 24.4 Å². The van der Waals surface area contributed by atoms with E-state index in [4.69, 9.17) is 0 Å². The van der Waals surface area contributed by atoms with Gasteiger partial charge in [-0.05, 0) is 6.07 Å². The van der Waals surface area contributed by atoms with Crippen LogP contribution in [0.5, 0.6) is 0 Å². The Kier molecular flexibility index (Phi) is 1.76. The lowest BCUT2D eigenvalue weighted by Crippen LogP contribution is -1.77. The van der Waals surface area contributed by atoms with Crippen molar-refractivity contribution >= 4 is 37.9 Å². The number of aldehydes is 1. The molecule has 0 radical (unpaired) electrons. The Morgan fingerprint density at radius 2 is 2.20 bits per heavy atom. The average Bonchev–Trinajstić information content (AvgIpc) is 2.66. The molecule has 0 amide bonds. The number of hydrogen-bond acceptors (Lipinski definition) is 4. The lowest BCUT2D eigenvalue weighted by molar-refractivity contribution is 0.112. The molecule has 0 saturated carbocycles. The lowest BCUT2D eigenvalue weighted by atomic mass is 10.1. The van der Waals surface area contributed by atoms with Gasteiger partial charge in [0.05, 0.1) is 0 Å². The van der Waals surface area contributed by atoms with Crippen LogP contribution >= 0.6 is 11.3 Å². The third kappa shape index (κ3) is 1.22.